The van der Waals surface area contributed by atoms with Crippen molar-refractivity contribution in [2.75, 3.05) is 0 Å². The summed E-state index contributed by atoms with van der Waals surface area (Å²) in [4.78, 5) is 10.0. The molecule has 1 heteroatoms. The van der Waals surface area contributed by atoms with Crippen molar-refractivity contribution >= 4 is 6.29 Å². The van der Waals surface area contributed by atoms with Gasteiger partial charge in [0, 0.05) is 6.99 Å². The number of carbonyl (C=O) groups is 1. The number of hydrogen-bond acceptors (Lipinski definition) is 1. The van der Waals surface area contributed by atoms with Crippen LogP contribution in [0.4, 0.5) is 0 Å². The van der Waals surface area contributed by atoms with Gasteiger partial charge in [-0.2, -0.15) is 0 Å². The van der Waals surface area contributed by atoms with Crippen molar-refractivity contribution < 1.29 is 6.22 Å². The fourth-order valence-corrected chi connectivity index (χ4v) is 0.532. The smallest absolute Gasteiger partial charge is 0.150 e. The standard InChI is InChI=1S/C7H6O.C2H6.H2/c8-6-7-4-2-1-3-5-7;1-2;/h1-6H;1-2H3;1H. The predicted molar refractivity (Wildman–Crippen MR) is 45.3 cm³/mol. The van der Waals surface area contributed by atoms with Gasteiger partial charge >= 0.3 is 0 Å². The first-order valence-electron chi connectivity index (χ1n) is 3.44. The quantitative estimate of drug-likeness (QED) is 0.545. The summed E-state index contributed by atoms with van der Waals surface area (Å²) in [5.74, 6) is 0. The molecule has 0 heterocycles. The Balaban J connectivity index is 0. The van der Waals surface area contributed by atoms with E-state index < -0.39 is 0 Å². The molecule has 0 fully saturated rings. The molecule has 1 aromatic carbocycles. The van der Waals surface area contributed by atoms with Gasteiger partial charge in [-0.3, -0.25) is 4.79 Å². The Kier molecular flexibility index (Phi) is 5.35. The monoisotopic (exact) mass is 138 g/mol. The van der Waals surface area contributed by atoms with Crippen LogP contribution in [0.25, 0.3) is 0 Å². The van der Waals surface area contributed by atoms with Gasteiger partial charge in [0.1, 0.15) is 6.29 Å². The van der Waals surface area contributed by atoms with Crippen LogP contribution in [-0.2, 0) is 0 Å². The van der Waals surface area contributed by atoms with Crippen LogP contribution in [0.15, 0.2) is 30.3 Å². The number of benzene rings is 1. The molecule has 10 heavy (non-hydrogen) atoms. The number of carbonyl (C=O) groups excluding carboxylic acids is 1. The van der Waals surface area contributed by atoms with E-state index in [4.69, 9.17) is 0 Å². The summed E-state index contributed by atoms with van der Waals surface area (Å²) in [7, 11) is 0. The average molecular weight is 138 g/mol. The minimum Gasteiger partial charge on any atom is -0.298 e. The van der Waals surface area contributed by atoms with E-state index in [1.807, 2.05) is 32.0 Å². The van der Waals surface area contributed by atoms with Crippen molar-refractivity contribution in [1.82, 2.24) is 0 Å². The molecule has 0 saturated carbocycles. The Morgan fingerprint density at radius 3 is 2.00 bits per heavy atom. The second kappa shape index (κ2) is 6.02. The number of rotatable bonds is 1. The second-order valence-electron chi connectivity index (χ2n) is 1.53. The summed E-state index contributed by atoms with van der Waals surface area (Å²) < 4.78 is 0. The third kappa shape index (κ3) is 3.02. The number of aldehydes is 1. The van der Waals surface area contributed by atoms with Gasteiger partial charge in [-0.25, -0.2) is 0 Å². The van der Waals surface area contributed by atoms with Gasteiger partial charge in [-0.15, -0.1) is 0 Å². The molecular formula is C9H14O. The SMILES string of the molecule is CC.O=Cc1ccccc1.[HH]. The predicted octanol–water partition coefficient (Wildman–Crippen LogP) is 2.77. The minimum atomic E-state index is 0. The van der Waals surface area contributed by atoms with Crippen molar-refractivity contribution in [3.05, 3.63) is 35.9 Å². The molecule has 0 saturated heterocycles. The molecule has 0 N–H and O–H groups in total. The van der Waals surface area contributed by atoms with E-state index in [9.17, 15) is 4.79 Å². The first kappa shape index (κ1) is 8.89. The van der Waals surface area contributed by atoms with Crippen LogP contribution in [0.2, 0.25) is 0 Å². The van der Waals surface area contributed by atoms with Crippen LogP contribution in [0.3, 0.4) is 0 Å². The molecule has 0 aliphatic heterocycles. The fourth-order valence-electron chi connectivity index (χ4n) is 0.532. The van der Waals surface area contributed by atoms with E-state index in [0.29, 0.717) is 0 Å². The maximum absolute atomic E-state index is 10.0. The molecule has 0 aliphatic rings. The summed E-state index contributed by atoms with van der Waals surface area (Å²) in [6, 6.07) is 9.10. The fraction of sp³-hybridized carbons (Fsp3) is 0.222. The molecule has 0 aromatic heterocycles. The third-order valence-corrected chi connectivity index (χ3v) is 0.936. The van der Waals surface area contributed by atoms with Crippen LogP contribution in [0, 0.1) is 0 Å². The lowest BCUT2D eigenvalue weighted by Gasteiger charge is -1.81. The van der Waals surface area contributed by atoms with E-state index in [1.54, 1.807) is 12.1 Å². The molecule has 0 aliphatic carbocycles. The van der Waals surface area contributed by atoms with Gasteiger partial charge in [0.25, 0.3) is 0 Å². The van der Waals surface area contributed by atoms with Gasteiger partial charge in [-0.05, 0) is 0 Å². The molecule has 1 nitrogen and oxygen atoms in total. The molecule has 0 atom stereocenters. The second-order valence-corrected chi connectivity index (χ2v) is 1.53. The summed E-state index contributed by atoms with van der Waals surface area (Å²) in [5.41, 5.74) is 0.729. The molecule has 1 rings (SSSR count). The van der Waals surface area contributed by atoms with Crippen molar-refractivity contribution in [2.24, 2.45) is 0 Å². The summed E-state index contributed by atoms with van der Waals surface area (Å²) in [6.07, 6.45) is 0.833. The Morgan fingerprint density at radius 1 is 1.20 bits per heavy atom. The number of hydrogen-bond donors (Lipinski definition) is 0. The molecule has 0 spiro atoms. The van der Waals surface area contributed by atoms with Crippen LogP contribution in [0.5, 0.6) is 0 Å². The van der Waals surface area contributed by atoms with Gasteiger partial charge < -0.3 is 0 Å². The van der Waals surface area contributed by atoms with Gasteiger partial charge in [-0.1, -0.05) is 44.2 Å². The van der Waals surface area contributed by atoms with E-state index in [2.05, 4.69) is 0 Å². The first-order valence-corrected chi connectivity index (χ1v) is 3.44. The van der Waals surface area contributed by atoms with Crippen LogP contribution >= 0.6 is 0 Å². The molecule has 0 amide bonds. The van der Waals surface area contributed by atoms with Crippen molar-refractivity contribution in [1.29, 1.82) is 0 Å². The van der Waals surface area contributed by atoms with E-state index >= 15 is 0 Å². The third-order valence-electron chi connectivity index (χ3n) is 0.936. The lowest BCUT2D eigenvalue weighted by molar-refractivity contribution is 0.112. The highest BCUT2D eigenvalue weighted by Crippen LogP contribution is 1.91. The Morgan fingerprint density at radius 2 is 1.70 bits per heavy atom. The van der Waals surface area contributed by atoms with Gasteiger partial charge in [0.05, 0.1) is 0 Å². The molecule has 0 bridgehead atoms. The van der Waals surface area contributed by atoms with Gasteiger partial charge in [0.15, 0.2) is 0 Å². The minimum absolute atomic E-state index is 0. The Labute approximate surface area is 63.2 Å². The van der Waals surface area contributed by atoms with Crippen molar-refractivity contribution in [3.8, 4) is 0 Å². The maximum atomic E-state index is 10.0. The zero-order chi connectivity index (χ0) is 7.82. The van der Waals surface area contributed by atoms with Crippen molar-refractivity contribution in [2.45, 2.75) is 13.8 Å². The highest BCUT2D eigenvalue weighted by Gasteiger charge is 1.79. The zero-order valence-electron chi connectivity index (χ0n) is 6.37. The Bertz CT molecular complexity index is 172. The normalized spacial score (nSPS) is 7.40. The highest BCUT2D eigenvalue weighted by atomic mass is 16.1. The molecule has 0 unspecified atom stereocenters. The topological polar surface area (TPSA) is 17.1 Å². The maximum Gasteiger partial charge on any atom is 0.150 e. The van der Waals surface area contributed by atoms with Crippen LogP contribution in [-0.4, -0.2) is 6.29 Å². The van der Waals surface area contributed by atoms with E-state index in [0.717, 1.165) is 11.8 Å². The first-order chi connectivity index (χ1) is 4.93. The molecule has 0 radical (unpaired) electrons. The molecule has 56 valence electrons. The highest BCUT2D eigenvalue weighted by molar-refractivity contribution is 5.74. The van der Waals surface area contributed by atoms with Crippen LogP contribution in [0.1, 0.15) is 25.6 Å². The Hall–Kier alpha value is -1.11. The van der Waals surface area contributed by atoms with E-state index in [1.165, 1.54) is 0 Å². The van der Waals surface area contributed by atoms with Crippen molar-refractivity contribution in [3.63, 3.8) is 0 Å². The average Bonchev–Trinajstić information content (AvgIpc) is 2.10. The zero-order valence-corrected chi connectivity index (χ0v) is 6.37. The van der Waals surface area contributed by atoms with E-state index in [-0.39, 0.29) is 1.43 Å². The van der Waals surface area contributed by atoms with Crippen LogP contribution < -0.4 is 0 Å². The summed E-state index contributed by atoms with van der Waals surface area (Å²) >= 11 is 0. The molecular weight excluding hydrogens is 124 g/mol. The lowest BCUT2D eigenvalue weighted by Crippen LogP contribution is -1.73. The molecule has 1 aromatic rings. The van der Waals surface area contributed by atoms with Gasteiger partial charge in [0.2, 0.25) is 0 Å². The lowest BCUT2D eigenvalue weighted by atomic mass is 10.2. The largest absolute Gasteiger partial charge is 0.298 e. The summed E-state index contributed by atoms with van der Waals surface area (Å²) in [6.45, 7) is 4.00. The summed E-state index contributed by atoms with van der Waals surface area (Å²) in [5, 5.41) is 0.